The SMILES string of the molecule is C[C@@]12COC(c3ccccc3)N1C(=O)C1CCCC12. The molecule has 0 radical (unpaired) electrons. The van der Waals surface area contributed by atoms with E-state index >= 15 is 0 Å². The van der Waals surface area contributed by atoms with Crippen LogP contribution in [0.15, 0.2) is 30.3 Å². The normalized spacial score (nSPS) is 40.6. The van der Waals surface area contributed by atoms with Crippen molar-refractivity contribution >= 4 is 5.91 Å². The molecular weight excluding hydrogens is 238 g/mol. The summed E-state index contributed by atoms with van der Waals surface area (Å²) in [5, 5.41) is 0. The second-order valence-corrected chi connectivity index (χ2v) is 6.28. The molecule has 0 aromatic heterocycles. The predicted molar refractivity (Wildman–Crippen MR) is 71.2 cm³/mol. The Labute approximate surface area is 113 Å². The van der Waals surface area contributed by atoms with Gasteiger partial charge in [-0.25, -0.2) is 0 Å². The van der Waals surface area contributed by atoms with Crippen LogP contribution in [0.4, 0.5) is 0 Å². The van der Waals surface area contributed by atoms with E-state index in [2.05, 4.69) is 19.1 Å². The van der Waals surface area contributed by atoms with E-state index in [1.165, 1.54) is 12.8 Å². The highest BCUT2D eigenvalue weighted by atomic mass is 16.5. The van der Waals surface area contributed by atoms with Crippen molar-refractivity contribution in [2.75, 3.05) is 6.61 Å². The number of amides is 1. The van der Waals surface area contributed by atoms with Gasteiger partial charge in [0.25, 0.3) is 0 Å². The molecule has 19 heavy (non-hydrogen) atoms. The summed E-state index contributed by atoms with van der Waals surface area (Å²) in [6.07, 6.45) is 3.26. The van der Waals surface area contributed by atoms with E-state index in [9.17, 15) is 4.79 Å². The van der Waals surface area contributed by atoms with Crippen molar-refractivity contribution in [3.63, 3.8) is 0 Å². The largest absolute Gasteiger partial charge is 0.351 e. The summed E-state index contributed by atoms with van der Waals surface area (Å²) in [4.78, 5) is 14.7. The second kappa shape index (κ2) is 3.83. The Bertz CT molecular complexity index is 515. The number of hydrogen-bond acceptors (Lipinski definition) is 2. The Morgan fingerprint density at radius 3 is 2.84 bits per heavy atom. The molecule has 100 valence electrons. The lowest BCUT2D eigenvalue weighted by molar-refractivity contribution is -0.138. The molecule has 2 saturated heterocycles. The third-order valence-corrected chi connectivity index (χ3v) is 5.27. The molecule has 0 bridgehead atoms. The fourth-order valence-corrected chi connectivity index (χ4v) is 4.35. The molecule has 1 aromatic carbocycles. The van der Waals surface area contributed by atoms with Crippen molar-refractivity contribution in [2.24, 2.45) is 11.8 Å². The fraction of sp³-hybridized carbons (Fsp3) is 0.562. The first-order valence-electron chi connectivity index (χ1n) is 7.21. The van der Waals surface area contributed by atoms with Crippen LogP contribution in [0, 0.1) is 11.8 Å². The molecule has 1 amide bonds. The van der Waals surface area contributed by atoms with Crippen LogP contribution in [0.2, 0.25) is 0 Å². The molecule has 2 aliphatic heterocycles. The average molecular weight is 257 g/mol. The first-order valence-corrected chi connectivity index (χ1v) is 7.21. The minimum Gasteiger partial charge on any atom is -0.351 e. The van der Waals surface area contributed by atoms with Gasteiger partial charge in [0.1, 0.15) is 0 Å². The van der Waals surface area contributed by atoms with Crippen LogP contribution in [-0.4, -0.2) is 23.0 Å². The third-order valence-electron chi connectivity index (χ3n) is 5.27. The molecule has 3 aliphatic rings. The van der Waals surface area contributed by atoms with E-state index in [-0.39, 0.29) is 17.7 Å². The molecule has 1 saturated carbocycles. The first-order chi connectivity index (χ1) is 9.22. The Hall–Kier alpha value is -1.35. The van der Waals surface area contributed by atoms with Gasteiger partial charge in [-0.05, 0) is 25.7 Å². The smallest absolute Gasteiger partial charge is 0.228 e. The molecule has 4 rings (SSSR count). The number of carbonyl (C=O) groups excluding carboxylic acids is 1. The highest BCUT2D eigenvalue weighted by molar-refractivity contribution is 5.84. The summed E-state index contributed by atoms with van der Waals surface area (Å²) in [5.41, 5.74) is 1.01. The van der Waals surface area contributed by atoms with Crippen LogP contribution in [0.1, 0.15) is 38.0 Å². The molecule has 3 heteroatoms. The van der Waals surface area contributed by atoms with Gasteiger partial charge >= 0.3 is 0 Å². The minimum atomic E-state index is -0.177. The summed E-state index contributed by atoms with van der Waals surface area (Å²) in [5.74, 6) is 1.06. The Morgan fingerprint density at radius 1 is 1.26 bits per heavy atom. The summed E-state index contributed by atoms with van der Waals surface area (Å²) < 4.78 is 5.99. The van der Waals surface area contributed by atoms with Crippen LogP contribution in [-0.2, 0) is 9.53 Å². The summed E-state index contributed by atoms with van der Waals surface area (Å²) in [6, 6.07) is 10.1. The molecule has 3 nitrogen and oxygen atoms in total. The summed E-state index contributed by atoms with van der Waals surface area (Å²) in [7, 11) is 0. The lowest BCUT2D eigenvalue weighted by Crippen LogP contribution is -2.44. The standard InChI is InChI=1S/C16H19NO2/c1-16-10-19-15(11-6-3-2-4-7-11)17(16)14(18)12-8-5-9-13(12)16/h2-4,6-7,12-13,15H,5,8-10H2,1H3/t12?,13?,15?,16-/m0/s1. The van der Waals surface area contributed by atoms with Crippen molar-refractivity contribution in [2.45, 2.75) is 38.0 Å². The second-order valence-electron chi connectivity index (χ2n) is 6.28. The van der Waals surface area contributed by atoms with Gasteiger partial charge < -0.3 is 9.64 Å². The Morgan fingerprint density at radius 2 is 2.05 bits per heavy atom. The van der Waals surface area contributed by atoms with Gasteiger partial charge in [-0.1, -0.05) is 36.8 Å². The molecule has 1 aliphatic carbocycles. The van der Waals surface area contributed by atoms with Crippen molar-refractivity contribution in [3.8, 4) is 0 Å². The van der Waals surface area contributed by atoms with Crippen LogP contribution in [0.25, 0.3) is 0 Å². The van der Waals surface area contributed by atoms with Gasteiger partial charge in [-0.3, -0.25) is 4.79 Å². The van der Waals surface area contributed by atoms with E-state index in [0.717, 1.165) is 12.0 Å². The van der Waals surface area contributed by atoms with Crippen LogP contribution < -0.4 is 0 Å². The topological polar surface area (TPSA) is 29.5 Å². The maximum absolute atomic E-state index is 12.7. The number of carbonyl (C=O) groups is 1. The van der Waals surface area contributed by atoms with Gasteiger partial charge in [0.15, 0.2) is 6.23 Å². The van der Waals surface area contributed by atoms with Gasteiger partial charge in [0, 0.05) is 11.5 Å². The summed E-state index contributed by atoms with van der Waals surface area (Å²) in [6.45, 7) is 2.89. The molecule has 3 fully saturated rings. The van der Waals surface area contributed by atoms with E-state index < -0.39 is 0 Å². The van der Waals surface area contributed by atoms with Crippen LogP contribution in [0.3, 0.4) is 0 Å². The lowest BCUT2D eigenvalue weighted by atomic mass is 9.84. The molecule has 2 heterocycles. The first kappa shape index (κ1) is 11.5. The van der Waals surface area contributed by atoms with Gasteiger partial charge in [-0.2, -0.15) is 0 Å². The fourth-order valence-electron chi connectivity index (χ4n) is 4.35. The van der Waals surface area contributed by atoms with E-state index in [1.54, 1.807) is 0 Å². The third kappa shape index (κ3) is 1.39. The zero-order valence-corrected chi connectivity index (χ0v) is 11.2. The maximum atomic E-state index is 12.7. The Balaban J connectivity index is 1.74. The van der Waals surface area contributed by atoms with Gasteiger partial charge in [0.2, 0.25) is 5.91 Å². The predicted octanol–water partition coefficient (Wildman–Crippen LogP) is 2.73. The average Bonchev–Trinajstić information content (AvgIpc) is 3.07. The highest BCUT2D eigenvalue weighted by Crippen LogP contribution is 2.55. The molecule has 3 unspecified atom stereocenters. The number of nitrogens with zero attached hydrogens (tertiary/aromatic N) is 1. The zero-order chi connectivity index (χ0) is 13.0. The number of rotatable bonds is 1. The summed E-state index contributed by atoms with van der Waals surface area (Å²) >= 11 is 0. The number of fused-ring (bicyclic) bond motifs is 3. The number of ether oxygens (including phenoxy) is 1. The number of hydrogen-bond donors (Lipinski definition) is 0. The lowest BCUT2D eigenvalue weighted by Gasteiger charge is -2.32. The van der Waals surface area contributed by atoms with Crippen LogP contribution in [0.5, 0.6) is 0 Å². The maximum Gasteiger partial charge on any atom is 0.228 e. The molecule has 0 spiro atoms. The molecular formula is C16H19NO2. The Kier molecular flexibility index (Phi) is 2.31. The molecule has 4 atom stereocenters. The molecule has 0 N–H and O–H groups in total. The van der Waals surface area contributed by atoms with Gasteiger partial charge in [-0.15, -0.1) is 0 Å². The van der Waals surface area contributed by atoms with E-state index in [4.69, 9.17) is 4.74 Å². The van der Waals surface area contributed by atoms with Crippen molar-refractivity contribution in [1.29, 1.82) is 0 Å². The van der Waals surface area contributed by atoms with Gasteiger partial charge in [0.05, 0.1) is 12.1 Å². The minimum absolute atomic E-state index is 0.0846. The van der Waals surface area contributed by atoms with Crippen LogP contribution >= 0.6 is 0 Å². The number of benzene rings is 1. The van der Waals surface area contributed by atoms with E-state index in [1.807, 2.05) is 23.1 Å². The van der Waals surface area contributed by atoms with Crippen molar-refractivity contribution < 1.29 is 9.53 Å². The quantitative estimate of drug-likeness (QED) is 0.774. The monoisotopic (exact) mass is 257 g/mol. The highest BCUT2D eigenvalue weighted by Gasteiger charge is 2.62. The van der Waals surface area contributed by atoms with Crippen molar-refractivity contribution in [1.82, 2.24) is 4.90 Å². The van der Waals surface area contributed by atoms with E-state index in [0.29, 0.717) is 18.4 Å². The van der Waals surface area contributed by atoms with Crippen molar-refractivity contribution in [3.05, 3.63) is 35.9 Å². The molecule has 1 aromatic rings. The zero-order valence-electron chi connectivity index (χ0n) is 11.2.